The van der Waals surface area contributed by atoms with Crippen molar-refractivity contribution in [3.8, 4) is 0 Å². The van der Waals surface area contributed by atoms with Crippen molar-refractivity contribution in [3.63, 3.8) is 0 Å². The van der Waals surface area contributed by atoms with Crippen molar-refractivity contribution < 1.29 is 22.4 Å². The van der Waals surface area contributed by atoms with E-state index in [1.54, 1.807) is 20.8 Å². The minimum atomic E-state index is -0.500. The molecule has 0 aromatic rings. The van der Waals surface area contributed by atoms with Crippen LogP contribution in [-0.2, 0) is 22.4 Å². The summed E-state index contributed by atoms with van der Waals surface area (Å²) in [6.07, 6.45) is 0. The summed E-state index contributed by atoms with van der Waals surface area (Å²) in [5, 5.41) is 11.9. The van der Waals surface area contributed by atoms with E-state index in [0.29, 0.717) is 0 Å². The van der Waals surface area contributed by atoms with Crippen molar-refractivity contribution in [2.24, 2.45) is 0 Å². The second-order valence-corrected chi connectivity index (χ2v) is 4.74. The van der Waals surface area contributed by atoms with Crippen molar-refractivity contribution in [3.05, 3.63) is 16.0 Å². The molecule has 0 aliphatic heterocycles. The Labute approximate surface area is 151 Å². The fourth-order valence-corrected chi connectivity index (χ4v) is 0.671. The number of nitrogens with zero attached hydrogens (tertiary/aromatic N) is 4. The Balaban J connectivity index is -0.0000000533. The zero-order valence-electron chi connectivity index (χ0n) is 16.0. The zero-order chi connectivity index (χ0) is 16.9. The van der Waals surface area contributed by atoms with E-state index in [1.165, 1.54) is 0 Å². The monoisotopic (exact) mass is 468 g/mol. The Bertz CT molecular complexity index is 102. The minimum absolute atomic E-state index is 0. The molecule has 0 aliphatic rings. The van der Waals surface area contributed by atoms with Gasteiger partial charge in [0, 0.05) is 27.9 Å². The average molecular weight is 468 g/mol. The van der Waals surface area contributed by atoms with Crippen LogP contribution in [0.15, 0.2) is 0 Å². The summed E-state index contributed by atoms with van der Waals surface area (Å²) in [4.78, 5) is 0. The number of hydrogen-bond donors (Lipinski definition) is 0. The molecule has 0 bridgehead atoms. The normalized spacial score (nSPS) is 8.86. The van der Waals surface area contributed by atoms with E-state index in [2.05, 4.69) is 16.0 Å². The fourth-order valence-electron chi connectivity index (χ4n) is 0.671. The smallest absolute Gasteiger partial charge is 0.0459 e. The van der Waals surface area contributed by atoms with E-state index in [4.69, 9.17) is 5.73 Å². The molecule has 0 aromatic heterocycles. The molecule has 0 saturated carbocycles. The average Bonchev–Trinajstić information content (AvgIpc) is 2.31. The Hall–Kier alpha value is 0.580. The maximum absolute atomic E-state index is 8.52. The number of rotatable bonds is 6. The molecule has 0 aromatic carbocycles. The maximum Gasteiger partial charge on any atom is 0.0459 e. The Kier molecular flexibility index (Phi) is 51.5. The van der Waals surface area contributed by atoms with E-state index >= 15 is 0 Å². The van der Waals surface area contributed by atoms with Gasteiger partial charge in [-0.05, 0) is 20.8 Å². The SMILES string of the molecule is CC(C)(C)[N].CC[N-]CC.CC[N-]CC.CC[N-]CC.[Ta]. The Morgan fingerprint density at radius 3 is 0.667 bits per heavy atom. The number of hydrogen-bond acceptors (Lipinski definition) is 0. The van der Waals surface area contributed by atoms with Gasteiger partial charge in [-0.1, -0.05) is 41.5 Å². The third-order valence-corrected chi connectivity index (χ3v) is 1.34. The van der Waals surface area contributed by atoms with Gasteiger partial charge in [-0.15, -0.1) is 5.73 Å². The van der Waals surface area contributed by atoms with Crippen LogP contribution in [0.25, 0.3) is 16.0 Å². The van der Waals surface area contributed by atoms with Crippen LogP contribution in [-0.4, -0.2) is 44.8 Å². The molecule has 0 heterocycles. The maximum atomic E-state index is 8.52. The molecular weight excluding hydrogens is 429 g/mol. The quantitative estimate of drug-likeness (QED) is 0.524. The minimum Gasteiger partial charge on any atom is -0.663 e. The first-order chi connectivity index (χ1) is 9.24. The van der Waals surface area contributed by atoms with Crippen molar-refractivity contribution in [1.82, 2.24) is 5.73 Å². The summed E-state index contributed by atoms with van der Waals surface area (Å²) in [7, 11) is 0. The van der Waals surface area contributed by atoms with Crippen molar-refractivity contribution >= 4 is 0 Å². The van der Waals surface area contributed by atoms with E-state index in [1.807, 2.05) is 41.5 Å². The van der Waals surface area contributed by atoms with E-state index < -0.39 is 5.54 Å². The Morgan fingerprint density at radius 2 is 0.667 bits per heavy atom. The predicted molar refractivity (Wildman–Crippen MR) is 95.2 cm³/mol. The summed E-state index contributed by atoms with van der Waals surface area (Å²) >= 11 is 0. The van der Waals surface area contributed by atoms with Gasteiger partial charge < -0.3 is 16.0 Å². The molecule has 0 amide bonds. The first-order valence-electron chi connectivity index (χ1n) is 7.86. The van der Waals surface area contributed by atoms with Crippen LogP contribution in [0.5, 0.6) is 0 Å². The first kappa shape index (κ1) is 33.2. The van der Waals surface area contributed by atoms with Gasteiger partial charge in [0.1, 0.15) is 0 Å². The molecule has 0 rings (SSSR count). The Morgan fingerprint density at radius 1 is 0.571 bits per heavy atom. The van der Waals surface area contributed by atoms with Crippen molar-refractivity contribution in [1.29, 1.82) is 0 Å². The molecule has 0 unspecified atom stereocenters. The van der Waals surface area contributed by atoms with Gasteiger partial charge in [-0.25, -0.2) is 0 Å². The van der Waals surface area contributed by atoms with Crippen molar-refractivity contribution in [2.75, 3.05) is 39.3 Å². The predicted octanol–water partition coefficient (Wildman–Crippen LogP) is 5.05. The second kappa shape index (κ2) is 32.5. The second-order valence-electron chi connectivity index (χ2n) is 4.74. The first-order valence-corrected chi connectivity index (χ1v) is 7.86. The molecule has 0 spiro atoms. The van der Waals surface area contributed by atoms with Gasteiger partial charge in [0.15, 0.2) is 0 Å². The van der Waals surface area contributed by atoms with Crippen molar-refractivity contribution in [2.45, 2.75) is 67.9 Å². The van der Waals surface area contributed by atoms with Crippen LogP contribution in [0.4, 0.5) is 0 Å². The molecule has 4 nitrogen and oxygen atoms in total. The van der Waals surface area contributed by atoms with Gasteiger partial charge in [0.05, 0.1) is 0 Å². The third kappa shape index (κ3) is 164. The van der Waals surface area contributed by atoms with Crippen LogP contribution >= 0.6 is 0 Å². The molecule has 131 valence electrons. The van der Waals surface area contributed by atoms with Crippen LogP contribution in [0.2, 0.25) is 0 Å². The molecule has 3 radical (unpaired) electrons. The summed E-state index contributed by atoms with van der Waals surface area (Å²) in [6, 6.07) is 0. The van der Waals surface area contributed by atoms with Crippen LogP contribution < -0.4 is 5.73 Å². The van der Waals surface area contributed by atoms with E-state index in [-0.39, 0.29) is 22.4 Å². The van der Waals surface area contributed by atoms with Gasteiger partial charge in [0.2, 0.25) is 0 Å². The van der Waals surface area contributed by atoms with Crippen LogP contribution in [0, 0.1) is 0 Å². The summed E-state index contributed by atoms with van der Waals surface area (Å²) in [5.74, 6) is 0. The summed E-state index contributed by atoms with van der Waals surface area (Å²) < 4.78 is 0. The molecule has 0 atom stereocenters. The summed E-state index contributed by atoms with van der Waals surface area (Å²) in [6.45, 7) is 23.3. The zero-order valence-corrected chi connectivity index (χ0v) is 19.2. The molecule has 0 saturated heterocycles. The summed E-state index contributed by atoms with van der Waals surface area (Å²) in [5.41, 5.74) is 8.02. The molecule has 0 fully saturated rings. The van der Waals surface area contributed by atoms with Gasteiger partial charge >= 0.3 is 0 Å². The fraction of sp³-hybridized carbons (Fsp3) is 1.00. The van der Waals surface area contributed by atoms with Gasteiger partial charge in [-0.3, -0.25) is 0 Å². The largest absolute Gasteiger partial charge is 0.663 e. The molecule has 0 N–H and O–H groups in total. The van der Waals surface area contributed by atoms with Crippen LogP contribution in [0.3, 0.4) is 0 Å². The molecule has 5 heteroatoms. The van der Waals surface area contributed by atoms with E-state index in [9.17, 15) is 0 Å². The molecule has 0 aliphatic carbocycles. The molecule has 21 heavy (non-hydrogen) atoms. The third-order valence-electron chi connectivity index (χ3n) is 1.34. The van der Waals surface area contributed by atoms with Crippen LogP contribution in [0.1, 0.15) is 62.3 Å². The van der Waals surface area contributed by atoms with Gasteiger partial charge in [0.25, 0.3) is 0 Å². The molecular formula is C16H39N4Ta-3. The van der Waals surface area contributed by atoms with E-state index in [0.717, 1.165) is 39.3 Å². The van der Waals surface area contributed by atoms with Gasteiger partial charge in [-0.2, -0.15) is 39.3 Å². The standard InChI is InChI=1S/C4H9N.3C4H10N.Ta/c1-4(2,3)5;3*1-3-5-4-2;/h1-3H3;3*3-4H2,1-2H3;/q;3*-1;. The topological polar surface area (TPSA) is 64.6 Å².